The lowest BCUT2D eigenvalue weighted by Gasteiger charge is -2.07. The molecule has 0 saturated carbocycles. The Morgan fingerprint density at radius 3 is 2.74 bits per heavy atom. The van der Waals surface area contributed by atoms with Crippen molar-refractivity contribution < 1.29 is 23.2 Å². The molecule has 0 aliphatic heterocycles. The molecule has 0 aliphatic rings. The predicted octanol–water partition coefficient (Wildman–Crippen LogP) is 5.21. The van der Waals surface area contributed by atoms with E-state index in [1.807, 2.05) is 13.0 Å². The number of methoxy groups -OCH3 is 1. The molecule has 0 aliphatic carbocycles. The van der Waals surface area contributed by atoms with Crippen molar-refractivity contribution in [2.75, 3.05) is 7.11 Å². The molecule has 7 nitrogen and oxygen atoms in total. The maximum atomic E-state index is 12.3. The van der Waals surface area contributed by atoms with E-state index in [0.29, 0.717) is 27.7 Å². The van der Waals surface area contributed by atoms with Crippen LogP contribution >= 0.6 is 11.6 Å². The van der Waals surface area contributed by atoms with Crippen LogP contribution in [0.5, 0.6) is 0 Å². The van der Waals surface area contributed by atoms with Crippen molar-refractivity contribution >= 4 is 40.7 Å². The highest BCUT2D eigenvalue weighted by Gasteiger charge is 2.15. The Morgan fingerprint density at radius 2 is 1.94 bits per heavy atom. The Labute approximate surface area is 182 Å². The fourth-order valence-electron chi connectivity index (χ4n) is 3.14. The van der Waals surface area contributed by atoms with Gasteiger partial charge in [-0.15, -0.1) is 0 Å². The standard InChI is InChI=1S/C23H17ClN2O5/c1-13-17(4-3-5-18(13)23(28)29-2)20-9-7-16(30-20)12-25-26-22(27)21-11-14-10-15(24)6-8-19(14)31-21/h3-12H,1-2H3,(H,26,27)/b25-12+. The molecule has 0 saturated heterocycles. The minimum absolute atomic E-state index is 0.116. The van der Waals surface area contributed by atoms with Gasteiger partial charge >= 0.3 is 11.9 Å². The van der Waals surface area contributed by atoms with Gasteiger partial charge in [0.25, 0.3) is 0 Å². The van der Waals surface area contributed by atoms with Gasteiger partial charge in [-0.2, -0.15) is 5.10 Å². The number of fused-ring (bicyclic) bond motifs is 1. The maximum Gasteiger partial charge on any atom is 0.338 e. The van der Waals surface area contributed by atoms with Gasteiger partial charge in [0.15, 0.2) is 5.76 Å². The summed E-state index contributed by atoms with van der Waals surface area (Å²) in [6.45, 7) is 1.82. The minimum atomic E-state index is -0.503. The minimum Gasteiger partial charge on any atom is -0.465 e. The van der Waals surface area contributed by atoms with Gasteiger partial charge < -0.3 is 13.6 Å². The second kappa shape index (κ2) is 8.49. The van der Waals surface area contributed by atoms with Crippen LogP contribution in [0.4, 0.5) is 0 Å². The van der Waals surface area contributed by atoms with E-state index in [2.05, 4.69) is 10.5 Å². The zero-order chi connectivity index (χ0) is 22.0. The molecule has 0 bridgehead atoms. The average molecular weight is 437 g/mol. The second-order valence-corrected chi connectivity index (χ2v) is 7.10. The molecule has 0 fully saturated rings. The molecule has 0 spiro atoms. The third kappa shape index (κ3) is 4.22. The van der Waals surface area contributed by atoms with Crippen molar-refractivity contribution in [2.24, 2.45) is 5.10 Å². The third-order valence-corrected chi connectivity index (χ3v) is 4.93. The van der Waals surface area contributed by atoms with E-state index in [9.17, 15) is 9.59 Å². The van der Waals surface area contributed by atoms with Crippen LogP contribution in [0.25, 0.3) is 22.3 Å². The van der Waals surface area contributed by atoms with Gasteiger partial charge in [-0.05, 0) is 55.0 Å². The van der Waals surface area contributed by atoms with Gasteiger partial charge in [0, 0.05) is 16.0 Å². The molecule has 156 valence electrons. The fraction of sp³-hybridized carbons (Fsp3) is 0.0870. The number of benzene rings is 2. The monoisotopic (exact) mass is 436 g/mol. The number of esters is 1. The lowest BCUT2D eigenvalue weighted by molar-refractivity contribution is 0.0600. The number of carbonyl (C=O) groups excluding carboxylic acids is 2. The number of carbonyl (C=O) groups is 2. The molecule has 1 amide bonds. The smallest absolute Gasteiger partial charge is 0.338 e. The number of furan rings is 2. The first-order valence-electron chi connectivity index (χ1n) is 9.27. The summed E-state index contributed by atoms with van der Waals surface area (Å²) in [5, 5.41) is 5.19. The van der Waals surface area contributed by atoms with Gasteiger partial charge in [0.1, 0.15) is 17.1 Å². The van der Waals surface area contributed by atoms with Crippen LogP contribution in [0.3, 0.4) is 0 Å². The highest BCUT2D eigenvalue weighted by atomic mass is 35.5. The molecular weight excluding hydrogens is 420 g/mol. The number of rotatable bonds is 5. The topological polar surface area (TPSA) is 94.0 Å². The number of amides is 1. The molecule has 0 atom stereocenters. The van der Waals surface area contributed by atoms with Crippen molar-refractivity contribution in [1.82, 2.24) is 5.43 Å². The normalized spacial score (nSPS) is 11.2. The molecule has 4 rings (SSSR count). The van der Waals surface area contributed by atoms with Gasteiger partial charge in [-0.1, -0.05) is 23.7 Å². The van der Waals surface area contributed by atoms with E-state index in [4.69, 9.17) is 25.2 Å². The first-order valence-corrected chi connectivity index (χ1v) is 9.64. The predicted molar refractivity (Wildman–Crippen MR) is 117 cm³/mol. The van der Waals surface area contributed by atoms with Crippen LogP contribution in [0.15, 0.2) is 68.5 Å². The van der Waals surface area contributed by atoms with E-state index in [-0.39, 0.29) is 5.76 Å². The zero-order valence-electron chi connectivity index (χ0n) is 16.6. The van der Waals surface area contributed by atoms with E-state index >= 15 is 0 Å². The van der Waals surface area contributed by atoms with Gasteiger partial charge in [0.2, 0.25) is 0 Å². The summed E-state index contributed by atoms with van der Waals surface area (Å²) in [5.41, 5.74) is 4.91. The molecular formula is C23H17ClN2O5. The number of ether oxygens (including phenoxy) is 1. The number of nitrogens with one attached hydrogen (secondary N) is 1. The van der Waals surface area contributed by atoms with Crippen LogP contribution in [0.2, 0.25) is 5.02 Å². The van der Waals surface area contributed by atoms with Crippen LogP contribution < -0.4 is 5.43 Å². The highest BCUT2D eigenvalue weighted by Crippen LogP contribution is 2.27. The van der Waals surface area contributed by atoms with Gasteiger partial charge in [-0.3, -0.25) is 4.79 Å². The number of halogens is 1. The van der Waals surface area contributed by atoms with Crippen LogP contribution in [0.1, 0.15) is 32.2 Å². The Kier molecular flexibility index (Phi) is 5.60. The molecule has 0 unspecified atom stereocenters. The van der Waals surface area contributed by atoms with Gasteiger partial charge in [0.05, 0.1) is 18.9 Å². The molecule has 0 radical (unpaired) electrons. The second-order valence-electron chi connectivity index (χ2n) is 6.66. The molecule has 2 heterocycles. The third-order valence-electron chi connectivity index (χ3n) is 4.69. The van der Waals surface area contributed by atoms with E-state index in [0.717, 1.165) is 16.5 Å². The lowest BCUT2D eigenvalue weighted by atomic mass is 10.0. The van der Waals surface area contributed by atoms with E-state index in [1.165, 1.54) is 13.3 Å². The lowest BCUT2D eigenvalue weighted by Crippen LogP contribution is -2.16. The molecule has 2 aromatic heterocycles. The van der Waals surface area contributed by atoms with E-state index < -0.39 is 11.9 Å². The highest BCUT2D eigenvalue weighted by molar-refractivity contribution is 6.31. The summed E-state index contributed by atoms with van der Waals surface area (Å²) in [4.78, 5) is 24.2. The van der Waals surface area contributed by atoms with Crippen molar-refractivity contribution in [3.05, 3.63) is 82.3 Å². The fourth-order valence-corrected chi connectivity index (χ4v) is 3.32. The first kappa shape index (κ1) is 20.4. The van der Waals surface area contributed by atoms with E-state index in [1.54, 1.807) is 48.5 Å². The molecule has 31 heavy (non-hydrogen) atoms. The molecule has 1 N–H and O–H groups in total. The van der Waals surface area contributed by atoms with Crippen LogP contribution in [-0.2, 0) is 4.74 Å². The Morgan fingerprint density at radius 1 is 1.10 bits per heavy atom. The molecule has 8 heteroatoms. The summed E-state index contributed by atoms with van der Waals surface area (Å²) in [6.07, 6.45) is 1.38. The van der Waals surface area contributed by atoms with Crippen LogP contribution in [-0.4, -0.2) is 25.2 Å². The largest absolute Gasteiger partial charge is 0.465 e. The Balaban J connectivity index is 1.47. The van der Waals surface area contributed by atoms with Crippen molar-refractivity contribution in [3.63, 3.8) is 0 Å². The Bertz CT molecular complexity index is 1320. The zero-order valence-corrected chi connectivity index (χ0v) is 17.4. The van der Waals surface area contributed by atoms with Crippen LogP contribution in [0, 0.1) is 6.92 Å². The Hall–Kier alpha value is -3.84. The molecule has 4 aromatic rings. The SMILES string of the molecule is COC(=O)c1cccc(-c2ccc(/C=N/NC(=O)c3cc4cc(Cl)ccc4o3)o2)c1C. The summed E-state index contributed by atoms with van der Waals surface area (Å²) in [6, 6.07) is 15.4. The number of nitrogens with zero attached hydrogens (tertiary/aromatic N) is 1. The summed E-state index contributed by atoms with van der Waals surface area (Å²) in [5.74, 6) is 0.185. The first-order chi connectivity index (χ1) is 15.0. The average Bonchev–Trinajstić information content (AvgIpc) is 3.40. The number of hydrogen-bond donors (Lipinski definition) is 1. The summed E-state index contributed by atoms with van der Waals surface area (Å²) >= 11 is 5.95. The number of hydrogen-bond acceptors (Lipinski definition) is 6. The number of hydrazone groups is 1. The summed E-state index contributed by atoms with van der Waals surface area (Å²) < 4.78 is 16.1. The quantitative estimate of drug-likeness (QED) is 0.263. The van der Waals surface area contributed by atoms with Crippen molar-refractivity contribution in [3.8, 4) is 11.3 Å². The van der Waals surface area contributed by atoms with Crippen molar-refractivity contribution in [2.45, 2.75) is 6.92 Å². The maximum absolute atomic E-state index is 12.3. The van der Waals surface area contributed by atoms with Gasteiger partial charge in [-0.25, -0.2) is 10.2 Å². The summed E-state index contributed by atoms with van der Waals surface area (Å²) in [7, 11) is 1.34. The van der Waals surface area contributed by atoms with Crippen molar-refractivity contribution in [1.29, 1.82) is 0 Å². The molecule has 2 aromatic carbocycles.